The van der Waals surface area contributed by atoms with E-state index >= 15 is 0 Å². The highest BCUT2D eigenvalue weighted by molar-refractivity contribution is 7.85. The van der Waals surface area contributed by atoms with E-state index < -0.39 is 40.0 Å². The van der Waals surface area contributed by atoms with Crippen molar-refractivity contribution in [3.8, 4) is 0 Å². The monoisotopic (exact) mass is 615 g/mol. The number of amides is 1. The zero-order chi connectivity index (χ0) is 31.3. The van der Waals surface area contributed by atoms with Crippen LogP contribution in [0.4, 0.5) is 0 Å². The van der Waals surface area contributed by atoms with Gasteiger partial charge in [-0.1, -0.05) is 141 Å². The van der Waals surface area contributed by atoms with Gasteiger partial charge in [-0.2, -0.15) is 8.42 Å². The van der Waals surface area contributed by atoms with E-state index in [4.69, 9.17) is 0 Å². The maximum atomic E-state index is 12.5. The lowest BCUT2D eigenvalue weighted by atomic mass is 10.1. The van der Waals surface area contributed by atoms with Crippen LogP contribution in [0.2, 0.25) is 0 Å². The number of rotatable bonds is 30. The van der Waals surface area contributed by atoms with E-state index in [1.54, 1.807) is 6.08 Å². The molecule has 4 N–H and O–H groups in total. The summed E-state index contributed by atoms with van der Waals surface area (Å²) in [4.78, 5) is 12.5. The van der Waals surface area contributed by atoms with Crippen LogP contribution in [0.1, 0.15) is 162 Å². The summed E-state index contributed by atoms with van der Waals surface area (Å²) in [7, 11) is -4.43. The van der Waals surface area contributed by atoms with Gasteiger partial charge in [0, 0.05) is 0 Å². The van der Waals surface area contributed by atoms with Gasteiger partial charge in [-0.05, 0) is 44.9 Å². The molecule has 0 rings (SSSR count). The highest BCUT2D eigenvalue weighted by Gasteiger charge is 2.27. The summed E-state index contributed by atoms with van der Waals surface area (Å²) in [5.41, 5.74) is 0. The van der Waals surface area contributed by atoms with E-state index in [0.717, 1.165) is 51.4 Å². The van der Waals surface area contributed by atoms with Crippen LogP contribution >= 0.6 is 0 Å². The zero-order valence-corrected chi connectivity index (χ0v) is 27.8. The van der Waals surface area contributed by atoms with Gasteiger partial charge in [-0.15, -0.1) is 0 Å². The highest BCUT2D eigenvalue weighted by atomic mass is 32.2. The van der Waals surface area contributed by atoms with Crippen molar-refractivity contribution in [2.45, 2.75) is 180 Å². The molecule has 0 saturated carbocycles. The van der Waals surface area contributed by atoms with Crippen LogP contribution in [0.3, 0.4) is 0 Å². The minimum absolute atomic E-state index is 0.267. The fourth-order valence-electron chi connectivity index (χ4n) is 5.04. The molecular formula is C34H65NO6S. The van der Waals surface area contributed by atoms with E-state index in [9.17, 15) is 28.0 Å². The second-order valence-corrected chi connectivity index (χ2v) is 13.4. The van der Waals surface area contributed by atoms with Crippen molar-refractivity contribution in [1.82, 2.24) is 5.32 Å². The lowest BCUT2D eigenvalue weighted by Gasteiger charge is -2.22. The molecule has 0 spiro atoms. The van der Waals surface area contributed by atoms with Crippen molar-refractivity contribution >= 4 is 16.0 Å². The molecule has 0 aliphatic rings. The van der Waals surface area contributed by atoms with E-state index in [1.807, 2.05) is 0 Å². The fraction of sp³-hybridized carbons (Fsp3) is 0.853. The molecule has 42 heavy (non-hydrogen) atoms. The van der Waals surface area contributed by atoms with Crippen LogP contribution in [0.15, 0.2) is 24.3 Å². The predicted molar refractivity (Wildman–Crippen MR) is 176 cm³/mol. The van der Waals surface area contributed by atoms with Gasteiger partial charge in [-0.3, -0.25) is 9.35 Å². The topological polar surface area (TPSA) is 124 Å². The molecule has 0 aliphatic heterocycles. The van der Waals surface area contributed by atoms with Gasteiger partial charge in [-0.25, -0.2) is 0 Å². The maximum absolute atomic E-state index is 12.5. The third kappa shape index (κ3) is 27.6. The third-order valence-electron chi connectivity index (χ3n) is 7.73. The average Bonchev–Trinajstić information content (AvgIpc) is 2.94. The van der Waals surface area contributed by atoms with Gasteiger partial charge in [0.15, 0.2) is 0 Å². The second kappa shape index (κ2) is 28.5. The molecule has 3 atom stereocenters. The number of hydrogen-bond donors (Lipinski definition) is 4. The smallest absolute Gasteiger partial charge is 0.267 e. The first-order valence-electron chi connectivity index (χ1n) is 17.1. The molecule has 0 bridgehead atoms. The summed E-state index contributed by atoms with van der Waals surface area (Å²) in [6.45, 7) is 4.43. The first-order valence-corrected chi connectivity index (χ1v) is 18.8. The molecule has 0 saturated heterocycles. The first-order chi connectivity index (χ1) is 20.2. The van der Waals surface area contributed by atoms with Gasteiger partial charge in [0.25, 0.3) is 10.1 Å². The Balaban J connectivity index is 4.09. The molecule has 0 radical (unpaired) electrons. The molecule has 0 heterocycles. The van der Waals surface area contributed by atoms with Gasteiger partial charge in [0.2, 0.25) is 5.91 Å². The Labute approximate surface area is 258 Å². The SMILES string of the molecule is CCCCCCCC/C=C/C(O)C(CS(=O)(=O)O)NC(=O)C(O)CCCCCC/C=C\CCCCCCCCCCC. The van der Waals surface area contributed by atoms with Gasteiger partial charge in [0.1, 0.15) is 6.10 Å². The number of unbranched alkanes of at least 4 members (excludes halogenated alkanes) is 19. The van der Waals surface area contributed by atoms with Crippen LogP contribution in [-0.4, -0.2) is 53.1 Å². The zero-order valence-electron chi connectivity index (χ0n) is 27.0. The first kappa shape index (κ1) is 40.8. The summed E-state index contributed by atoms with van der Waals surface area (Å²) < 4.78 is 32.2. The van der Waals surface area contributed by atoms with Gasteiger partial charge >= 0.3 is 0 Å². The Kier molecular flexibility index (Phi) is 27.7. The Morgan fingerprint density at radius 1 is 0.643 bits per heavy atom. The summed E-state index contributed by atoms with van der Waals surface area (Å²) >= 11 is 0. The van der Waals surface area contributed by atoms with Crippen molar-refractivity contribution in [2.24, 2.45) is 0 Å². The number of allylic oxidation sites excluding steroid dienone is 3. The number of hydrogen-bond acceptors (Lipinski definition) is 5. The quantitative estimate of drug-likeness (QED) is 0.0367. The highest BCUT2D eigenvalue weighted by Crippen LogP contribution is 2.13. The minimum Gasteiger partial charge on any atom is -0.387 e. The van der Waals surface area contributed by atoms with Crippen molar-refractivity contribution in [1.29, 1.82) is 0 Å². The summed E-state index contributed by atoms with van der Waals surface area (Å²) in [6, 6.07) is -1.23. The standard InChI is InChI=1S/C34H65NO6S/c1-3-5-7-9-11-13-14-15-16-17-18-19-20-21-23-25-27-29-33(37)34(38)35-31(30-42(39,40)41)32(36)28-26-24-22-12-10-8-6-4-2/h18-19,26,28,31-33,36-37H,3-17,20-25,27,29-30H2,1-2H3,(H,35,38)(H,39,40,41)/b19-18-,28-26+. The third-order valence-corrected chi connectivity index (χ3v) is 8.51. The summed E-state index contributed by atoms with van der Waals surface area (Å²) in [5.74, 6) is -1.55. The van der Waals surface area contributed by atoms with Crippen LogP contribution in [0.5, 0.6) is 0 Å². The van der Waals surface area contributed by atoms with Crippen molar-refractivity contribution in [3.05, 3.63) is 24.3 Å². The number of carbonyl (C=O) groups excluding carboxylic acids is 1. The molecule has 248 valence electrons. The molecule has 0 fully saturated rings. The van der Waals surface area contributed by atoms with E-state index in [2.05, 4.69) is 31.3 Å². The summed E-state index contributed by atoms with van der Waals surface area (Å²) in [6.07, 6.45) is 31.1. The Morgan fingerprint density at radius 2 is 1.05 bits per heavy atom. The van der Waals surface area contributed by atoms with Crippen molar-refractivity contribution in [3.63, 3.8) is 0 Å². The van der Waals surface area contributed by atoms with E-state index in [1.165, 1.54) is 89.5 Å². The molecule has 8 heteroatoms. The number of carbonyl (C=O) groups is 1. The van der Waals surface area contributed by atoms with Gasteiger partial charge < -0.3 is 15.5 Å². The predicted octanol–water partition coefficient (Wildman–Crippen LogP) is 8.21. The molecule has 0 aromatic carbocycles. The Bertz CT molecular complexity index is 783. The summed E-state index contributed by atoms with van der Waals surface area (Å²) in [5, 5.41) is 23.1. The Morgan fingerprint density at radius 3 is 1.50 bits per heavy atom. The van der Waals surface area contributed by atoms with Gasteiger partial charge in [0.05, 0.1) is 17.9 Å². The minimum atomic E-state index is -4.43. The normalized spacial score (nSPS) is 14.5. The molecule has 0 aliphatic carbocycles. The number of aliphatic hydroxyl groups is 2. The van der Waals surface area contributed by atoms with E-state index in [-0.39, 0.29) is 6.42 Å². The molecule has 7 nitrogen and oxygen atoms in total. The lowest BCUT2D eigenvalue weighted by Crippen LogP contribution is -2.50. The fourth-order valence-corrected chi connectivity index (χ4v) is 5.77. The maximum Gasteiger partial charge on any atom is 0.267 e. The van der Waals surface area contributed by atoms with Crippen molar-refractivity contribution in [2.75, 3.05) is 5.75 Å². The van der Waals surface area contributed by atoms with Crippen molar-refractivity contribution < 1.29 is 28.0 Å². The molecule has 1 amide bonds. The second-order valence-electron chi connectivity index (χ2n) is 11.9. The van der Waals surface area contributed by atoms with Crippen LogP contribution < -0.4 is 5.32 Å². The van der Waals surface area contributed by atoms with E-state index in [0.29, 0.717) is 6.42 Å². The number of aliphatic hydroxyl groups excluding tert-OH is 2. The molecule has 0 aromatic rings. The van der Waals surface area contributed by atoms with Crippen LogP contribution in [-0.2, 0) is 14.9 Å². The Hall–Kier alpha value is -1.22. The lowest BCUT2D eigenvalue weighted by molar-refractivity contribution is -0.130. The molecule has 3 unspecified atom stereocenters. The molecule has 0 aromatic heterocycles. The molecular weight excluding hydrogens is 550 g/mol. The van der Waals surface area contributed by atoms with Crippen LogP contribution in [0.25, 0.3) is 0 Å². The van der Waals surface area contributed by atoms with Crippen LogP contribution in [0, 0.1) is 0 Å². The average molecular weight is 616 g/mol. The largest absolute Gasteiger partial charge is 0.387 e. The number of nitrogens with one attached hydrogen (secondary N) is 1.